The third-order valence-corrected chi connectivity index (χ3v) is 5.87. The van der Waals surface area contributed by atoms with E-state index in [-0.39, 0.29) is 24.0 Å². The first kappa shape index (κ1) is 19.6. The summed E-state index contributed by atoms with van der Waals surface area (Å²) in [6, 6.07) is 15.7. The van der Waals surface area contributed by atoms with Gasteiger partial charge in [-0.15, -0.1) is 0 Å². The van der Waals surface area contributed by atoms with Gasteiger partial charge in [0.25, 0.3) is 0 Å². The van der Waals surface area contributed by atoms with Gasteiger partial charge in [-0.2, -0.15) is 0 Å². The van der Waals surface area contributed by atoms with Crippen molar-refractivity contribution in [3.63, 3.8) is 0 Å². The topological polar surface area (TPSA) is 72.9 Å². The minimum absolute atomic E-state index is 0.00228. The fourth-order valence-corrected chi connectivity index (χ4v) is 4.22. The van der Waals surface area contributed by atoms with Crippen LogP contribution in [0.15, 0.2) is 48.5 Å². The van der Waals surface area contributed by atoms with Crippen LogP contribution in [0, 0.1) is 0 Å². The number of amides is 2. The van der Waals surface area contributed by atoms with Crippen LogP contribution in [0.4, 0.5) is 5.69 Å². The molecule has 1 fully saturated rings. The molecule has 4 rings (SSSR count). The number of fused-ring (bicyclic) bond motifs is 1. The molecule has 2 aliphatic heterocycles. The van der Waals surface area contributed by atoms with Gasteiger partial charge in [-0.25, -0.2) is 0 Å². The van der Waals surface area contributed by atoms with Crippen molar-refractivity contribution in [1.82, 2.24) is 9.80 Å². The molecule has 6 nitrogen and oxygen atoms in total. The van der Waals surface area contributed by atoms with Crippen LogP contribution in [0.25, 0.3) is 0 Å². The number of likely N-dealkylation sites (tertiary alicyclic amines) is 1. The molecule has 2 heterocycles. The Kier molecular flexibility index (Phi) is 5.65. The van der Waals surface area contributed by atoms with Crippen molar-refractivity contribution >= 4 is 17.5 Å². The third-order valence-electron chi connectivity index (χ3n) is 5.87. The Labute approximate surface area is 171 Å². The zero-order valence-electron chi connectivity index (χ0n) is 16.7. The fourth-order valence-electron chi connectivity index (χ4n) is 4.22. The molecule has 2 amide bonds. The van der Waals surface area contributed by atoms with Crippen LogP contribution < -0.4 is 5.32 Å². The smallest absolute Gasteiger partial charge is 0.228 e. The van der Waals surface area contributed by atoms with Crippen LogP contribution in [0.3, 0.4) is 0 Å². The van der Waals surface area contributed by atoms with Crippen LogP contribution in [0.1, 0.15) is 29.2 Å². The van der Waals surface area contributed by atoms with Gasteiger partial charge in [0.1, 0.15) is 0 Å². The number of nitrogens with one attached hydrogen (secondary N) is 1. The second-order valence-corrected chi connectivity index (χ2v) is 8.03. The average molecular weight is 393 g/mol. The molecule has 6 heteroatoms. The van der Waals surface area contributed by atoms with Crippen molar-refractivity contribution in [3.05, 3.63) is 65.2 Å². The maximum Gasteiger partial charge on any atom is 0.228 e. The van der Waals surface area contributed by atoms with E-state index in [2.05, 4.69) is 10.2 Å². The Balaban J connectivity index is 1.49. The van der Waals surface area contributed by atoms with E-state index in [1.165, 1.54) is 0 Å². The predicted molar refractivity (Wildman–Crippen MR) is 111 cm³/mol. The van der Waals surface area contributed by atoms with E-state index >= 15 is 0 Å². The molecule has 2 aliphatic rings. The first-order valence-electron chi connectivity index (χ1n) is 10.1. The standard InChI is InChI=1S/C23H27N3O3/c1-25(23(29)12-16-7-8-20-18(11-16)13-22(28)24-20)21(17-5-3-2-4-6-17)15-26-10-9-19(27)14-26/h2-8,11,19,21,27H,9-10,12-15H2,1H3,(H,24,28)/t19?,21-/m1/s1. The number of hydrogen-bond donors (Lipinski definition) is 2. The monoisotopic (exact) mass is 393 g/mol. The van der Waals surface area contributed by atoms with Crippen molar-refractivity contribution in [2.75, 3.05) is 32.0 Å². The van der Waals surface area contributed by atoms with Crippen molar-refractivity contribution < 1.29 is 14.7 Å². The number of carbonyl (C=O) groups excluding carboxylic acids is 2. The second kappa shape index (κ2) is 8.35. The number of rotatable bonds is 6. The summed E-state index contributed by atoms with van der Waals surface area (Å²) in [5.74, 6) is 0.0355. The average Bonchev–Trinajstić information content (AvgIpc) is 3.30. The van der Waals surface area contributed by atoms with Gasteiger partial charge in [-0.05, 0) is 29.2 Å². The lowest BCUT2D eigenvalue weighted by Gasteiger charge is -2.32. The van der Waals surface area contributed by atoms with Crippen molar-refractivity contribution in [3.8, 4) is 0 Å². The Bertz CT molecular complexity index is 899. The molecule has 29 heavy (non-hydrogen) atoms. The molecule has 0 spiro atoms. The fraction of sp³-hybridized carbons (Fsp3) is 0.391. The molecule has 2 aromatic rings. The van der Waals surface area contributed by atoms with E-state index < -0.39 is 0 Å². The number of β-amino-alcohol motifs (C(OH)–C–C–N with tert-alkyl or cyclic N) is 1. The van der Waals surface area contributed by atoms with Gasteiger partial charge in [0.05, 0.1) is 25.0 Å². The molecule has 1 unspecified atom stereocenters. The second-order valence-electron chi connectivity index (χ2n) is 8.03. The summed E-state index contributed by atoms with van der Waals surface area (Å²) >= 11 is 0. The molecule has 0 radical (unpaired) electrons. The number of benzene rings is 2. The summed E-state index contributed by atoms with van der Waals surface area (Å²) in [6.07, 6.45) is 1.16. The van der Waals surface area contributed by atoms with Gasteiger partial charge >= 0.3 is 0 Å². The summed E-state index contributed by atoms with van der Waals surface area (Å²) in [7, 11) is 1.85. The van der Waals surface area contributed by atoms with Crippen molar-refractivity contribution in [2.24, 2.45) is 0 Å². The number of nitrogens with zero attached hydrogens (tertiary/aromatic N) is 2. The molecule has 2 atom stereocenters. The summed E-state index contributed by atoms with van der Waals surface area (Å²) in [4.78, 5) is 28.7. The Hall–Kier alpha value is -2.70. The van der Waals surface area contributed by atoms with E-state index in [1.54, 1.807) is 0 Å². The first-order chi connectivity index (χ1) is 14.0. The van der Waals surface area contributed by atoms with Gasteiger partial charge < -0.3 is 15.3 Å². The number of carbonyl (C=O) groups is 2. The summed E-state index contributed by atoms with van der Waals surface area (Å²) in [5.41, 5.74) is 3.80. The molecular formula is C23H27N3O3. The zero-order chi connectivity index (χ0) is 20.4. The van der Waals surface area contributed by atoms with Gasteiger partial charge in [-0.1, -0.05) is 42.5 Å². The highest BCUT2D eigenvalue weighted by Gasteiger charge is 2.28. The Morgan fingerprint density at radius 2 is 2.07 bits per heavy atom. The molecule has 0 aromatic heterocycles. The molecule has 1 saturated heterocycles. The molecule has 0 saturated carbocycles. The van der Waals surface area contributed by atoms with Crippen molar-refractivity contribution in [2.45, 2.75) is 31.4 Å². The Morgan fingerprint density at radius 1 is 1.28 bits per heavy atom. The SMILES string of the molecule is CN(C(=O)Cc1ccc2c(c1)CC(=O)N2)[C@H](CN1CCC(O)C1)c1ccccc1. The summed E-state index contributed by atoms with van der Waals surface area (Å²) in [5, 5.41) is 12.7. The number of aliphatic hydroxyl groups excluding tert-OH is 1. The van der Waals surface area contributed by atoms with E-state index in [0.29, 0.717) is 25.9 Å². The third kappa shape index (κ3) is 4.49. The van der Waals surface area contributed by atoms with Crippen LogP contribution in [-0.4, -0.2) is 59.5 Å². The van der Waals surface area contributed by atoms with Crippen molar-refractivity contribution in [1.29, 1.82) is 0 Å². The van der Waals surface area contributed by atoms with E-state index in [0.717, 1.165) is 35.3 Å². The highest BCUT2D eigenvalue weighted by Crippen LogP contribution is 2.26. The van der Waals surface area contributed by atoms with Crippen LogP contribution in [0.5, 0.6) is 0 Å². The summed E-state index contributed by atoms with van der Waals surface area (Å²) < 4.78 is 0. The van der Waals surface area contributed by atoms with Crippen LogP contribution >= 0.6 is 0 Å². The minimum Gasteiger partial charge on any atom is -0.392 e. The van der Waals surface area contributed by atoms with E-state index in [9.17, 15) is 14.7 Å². The maximum atomic E-state index is 13.1. The molecule has 2 aromatic carbocycles. The highest BCUT2D eigenvalue weighted by atomic mass is 16.3. The number of hydrogen-bond acceptors (Lipinski definition) is 4. The van der Waals surface area contributed by atoms with E-state index in [1.807, 2.05) is 60.5 Å². The van der Waals surface area contributed by atoms with Gasteiger partial charge in [0.15, 0.2) is 0 Å². The Morgan fingerprint density at radius 3 is 2.79 bits per heavy atom. The normalized spacial score (nSPS) is 19.7. The summed E-state index contributed by atoms with van der Waals surface area (Å²) in [6.45, 7) is 2.20. The van der Waals surface area contributed by atoms with Gasteiger partial charge in [-0.3, -0.25) is 14.5 Å². The van der Waals surface area contributed by atoms with Gasteiger partial charge in [0, 0.05) is 32.4 Å². The molecule has 152 valence electrons. The number of likely N-dealkylation sites (N-methyl/N-ethyl adjacent to an activating group) is 1. The minimum atomic E-state index is -0.282. The number of aliphatic hydroxyl groups is 1. The van der Waals surface area contributed by atoms with E-state index in [4.69, 9.17) is 0 Å². The molecule has 0 bridgehead atoms. The highest BCUT2D eigenvalue weighted by molar-refractivity contribution is 5.99. The molecule has 2 N–H and O–H groups in total. The maximum absolute atomic E-state index is 13.1. The van der Waals surface area contributed by atoms with Gasteiger partial charge in [0.2, 0.25) is 11.8 Å². The quantitative estimate of drug-likeness (QED) is 0.787. The molecule has 0 aliphatic carbocycles. The molecular weight excluding hydrogens is 366 g/mol. The lowest BCUT2D eigenvalue weighted by atomic mass is 10.0. The lowest BCUT2D eigenvalue weighted by molar-refractivity contribution is -0.131. The lowest BCUT2D eigenvalue weighted by Crippen LogP contribution is -2.39. The predicted octanol–water partition coefficient (Wildman–Crippen LogP) is 1.99. The first-order valence-corrected chi connectivity index (χ1v) is 10.1. The largest absolute Gasteiger partial charge is 0.392 e. The number of anilines is 1. The van der Waals surface area contributed by atoms with Crippen LogP contribution in [0.2, 0.25) is 0 Å². The van der Waals surface area contributed by atoms with Crippen LogP contribution in [-0.2, 0) is 22.4 Å². The zero-order valence-corrected chi connectivity index (χ0v) is 16.7.